The summed E-state index contributed by atoms with van der Waals surface area (Å²) in [6.45, 7) is 3.00. The molecule has 3 nitrogen and oxygen atoms in total. The number of amides is 1. The molecular weight excluding hydrogens is 562 g/mol. The predicted molar refractivity (Wildman–Crippen MR) is 157 cm³/mol. The number of fused-ring (bicyclic) bond motifs is 3. The van der Waals surface area contributed by atoms with Gasteiger partial charge in [-0.3, -0.25) is 0 Å². The van der Waals surface area contributed by atoms with Gasteiger partial charge in [0.2, 0.25) is 0 Å². The van der Waals surface area contributed by atoms with Gasteiger partial charge in [-0.25, -0.2) is 0 Å². The van der Waals surface area contributed by atoms with Crippen LogP contribution in [0.25, 0.3) is 10.9 Å². The van der Waals surface area contributed by atoms with E-state index in [-0.39, 0.29) is 16.2 Å². The number of carbonyl (C=O) groups excluding carboxylic acids is 1. The molecule has 3 aromatic carbocycles. The molecule has 6 heteroatoms. The molecule has 1 aromatic heterocycles. The molecular formula is C31H33AsCl2N2O. The van der Waals surface area contributed by atoms with E-state index >= 15 is 0 Å². The summed E-state index contributed by atoms with van der Waals surface area (Å²) in [6, 6.07) is 24.6. The Labute approximate surface area is 234 Å². The Morgan fingerprint density at radius 2 is 1.70 bits per heavy atom. The zero-order chi connectivity index (χ0) is 26.2. The van der Waals surface area contributed by atoms with E-state index in [1.807, 2.05) is 4.90 Å². The topological polar surface area (TPSA) is 36.1 Å². The van der Waals surface area contributed by atoms with E-state index in [1.54, 1.807) is 18.2 Å². The fourth-order valence-electron chi connectivity index (χ4n) is 6.15. The fraction of sp³-hybridized carbons (Fsp3) is 0.323. The van der Waals surface area contributed by atoms with Gasteiger partial charge in [0, 0.05) is 0 Å². The van der Waals surface area contributed by atoms with E-state index in [0.717, 1.165) is 31.2 Å². The van der Waals surface area contributed by atoms with E-state index in [2.05, 4.69) is 77.9 Å². The Morgan fingerprint density at radius 1 is 1.03 bits per heavy atom. The summed E-state index contributed by atoms with van der Waals surface area (Å²) in [5.74, 6) is -0.0112. The van der Waals surface area contributed by atoms with Crippen molar-refractivity contribution in [3.8, 4) is 0 Å². The van der Waals surface area contributed by atoms with Gasteiger partial charge in [0.1, 0.15) is 0 Å². The van der Waals surface area contributed by atoms with Crippen molar-refractivity contribution in [2.75, 3.05) is 6.54 Å². The molecule has 0 spiro atoms. The molecule has 2 heterocycles. The standard InChI is InChI=1S/C31H33AsCl2N2O/c1-4-31(32(2)3,22-10-6-5-7-11-22)16-14-28-29-26(25-12-8-9-13-27(25)35-29)15-17-36(28)30(37)21-18-23(33)20-24(34)19-21/h5-13,18-20,28,35H,4,14-17H2,1-3H3. The van der Waals surface area contributed by atoms with Crippen LogP contribution in [0.15, 0.2) is 72.8 Å². The summed E-state index contributed by atoms with van der Waals surface area (Å²) in [5, 5.41) is 2.23. The number of nitrogens with one attached hydrogen (secondary N) is 1. The van der Waals surface area contributed by atoms with Crippen molar-refractivity contribution in [1.29, 1.82) is 0 Å². The van der Waals surface area contributed by atoms with Crippen molar-refractivity contribution >= 4 is 54.7 Å². The molecule has 1 aliphatic heterocycles. The van der Waals surface area contributed by atoms with Gasteiger partial charge in [0.15, 0.2) is 0 Å². The summed E-state index contributed by atoms with van der Waals surface area (Å²) in [4.78, 5) is 19.7. The number of H-pyrrole nitrogens is 1. The van der Waals surface area contributed by atoms with Crippen molar-refractivity contribution < 1.29 is 4.79 Å². The summed E-state index contributed by atoms with van der Waals surface area (Å²) in [6.07, 6.45) is 3.87. The first-order valence-corrected chi connectivity index (χ1v) is 18.4. The van der Waals surface area contributed by atoms with Crippen molar-refractivity contribution in [3.63, 3.8) is 0 Å². The molecule has 0 bridgehead atoms. The minimum atomic E-state index is -1.18. The molecule has 37 heavy (non-hydrogen) atoms. The molecule has 0 fully saturated rings. The van der Waals surface area contributed by atoms with Crippen LogP contribution in [-0.2, 0) is 10.6 Å². The quantitative estimate of drug-likeness (QED) is 0.214. The monoisotopic (exact) mass is 594 g/mol. The molecule has 1 aliphatic rings. The second-order valence-electron chi connectivity index (χ2n) is 10.2. The maximum absolute atomic E-state index is 13.9. The molecule has 2 unspecified atom stereocenters. The van der Waals surface area contributed by atoms with Crippen LogP contribution < -0.4 is 0 Å². The van der Waals surface area contributed by atoms with Gasteiger partial charge in [-0.2, -0.15) is 0 Å². The minimum absolute atomic E-state index is 0.0112. The number of halogens is 2. The Balaban J connectivity index is 1.56. The van der Waals surface area contributed by atoms with Crippen molar-refractivity contribution in [2.24, 2.45) is 0 Å². The molecule has 4 aromatic rings. The van der Waals surface area contributed by atoms with Crippen LogP contribution >= 0.6 is 23.2 Å². The molecule has 0 saturated carbocycles. The number of rotatable bonds is 7. The zero-order valence-electron chi connectivity index (χ0n) is 21.6. The van der Waals surface area contributed by atoms with Crippen LogP contribution in [0.2, 0.25) is 21.5 Å². The van der Waals surface area contributed by atoms with Gasteiger partial charge in [-0.05, 0) is 0 Å². The van der Waals surface area contributed by atoms with Crippen LogP contribution in [0.3, 0.4) is 0 Å². The van der Waals surface area contributed by atoms with Gasteiger partial charge in [0.25, 0.3) is 0 Å². The average Bonchev–Trinajstić information content (AvgIpc) is 3.28. The molecule has 5 rings (SSSR count). The molecule has 0 saturated heterocycles. The van der Waals surface area contributed by atoms with E-state index in [4.69, 9.17) is 23.2 Å². The van der Waals surface area contributed by atoms with Gasteiger partial charge < -0.3 is 0 Å². The van der Waals surface area contributed by atoms with Crippen LogP contribution in [0.4, 0.5) is 0 Å². The SMILES string of the molecule is CCC(CCC1c2[nH]c3ccccc3c2CCN1C(=O)c1cc(Cl)cc(Cl)c1)(c1ccccc1)[As](C)C. The molecule has 1 amide bonds. The average molecular weight is 595 g/mol. The van der Waals surface area contributed by atoms with Crippen LogP contribution in [0, 0.1) is 0 Å². The number of hydrogen-bond acceptors (Lipinski definition) is 1. The third kappa shape index (κ3) is 4.99. The van der Waals surface area contributed by atoms with Gasteiger partial charge >= 0.3 is 235 Å². The van der Waals surface area contributed by atoms with Crippen molar-refractivity contribution in [3.05, 3.63) is 105 Å². The molecule has 1 N–H and O–H groups in total. The van der Waals surface area contributed by atoms with E-state index in [0.29, 0.717) is 22.2 Å². The molecule has 0 radical (unpaired) electrons. The van der Waals surface area contributed by atoms with Crippen LogP contribution in [0.5, 0.6) is 0 Å². The van der Waals surface area contributed by atoms with Crippen LogP contribution in [0.1, 0.15) is 59.4 Å². The van der Waals surface area contributed by atoms with E-state index in [9.17, 15) is 4.79 Å². The van der Waals surface area contributed by atoms with Gasteiger partial charge in [-0.1, -0.05) is 0 Å². The first-order valence-electron chi connectivity index (χ1n) is 12.9. The van der Waals surface area contributed by atoms with Crippen molar-refractivity contribution in [1.82, 2.24) is 9.88 Å². The number of aromatic nitrogens is 1. The number of hydrogen-bond donors (Lipinski definition) is 1. The number of para-hydroxylation sites is 1. The Morgan fingerprint density at radius 3 is 2.38 bits per heavy atom. The summed E-state index contributed by atoms with van der Waals surface area (Å²) < 4.78 is 0.173. The Hall–Kier alpha value is -2.19. The van der Waals surface area contributed by atoms with Gasteiger partial charge in [-0.15, -0.1) is 0 Å². The number of aromatic amines is 1. The summed E-state index contributed by atoms with van der Waals surface area (Å²) >= 11 is 11.4. The molecule has 2 atom stereocenters. The first-order chi connectivity index (χ1) is 17.8. The fourth-order valence-corrected chi connectivity index (χ4v) is 10.6. The molecule has 0 aliphatic carbocycles. The maximum atomic E-state index is 13.9. The van der Waals surface area contributed by atoms with Crippen molar-refractivity contribution in [2.45, 2.75) is 54.3 Å². The van der Waals surface area contributed by atoms with Crippen LogP contribution in [-0.4, -0.2) is 37.0 Å². The second-order valence-corrected chi connectivity index (χ2v) is 16.6. The zero-order valence-corrected chi connectivity index (χ0v) is 25.0. The third-order valence-electron chi connectivity index (χ3n) is 8.11. The summed E-state index contributed by atoms with van der Waals surface area (Å²) in [7, 11) is 0. The normalized spacial score (nSPS) is 17.1. The predicted octanol–water partition coefficient (Wildman–Crippen LogP) is 8.64. The first kappa shape index (κ1) is 26.4. The number of benzene rings is 3. The third-order valence-corrected chi connectivity index (χ3v) is 13.8. The molecule has 192 valence electrons. The van der Waals surface area contributed by atoms with E-state index in [1.165, 1.54) is 22.2 Å². The Bertz CT molecular complexity index is 1400. The Kier molecular flexibility index (Phi) is 7.77. The second kappa shape index (κ2) is 10.9. The number of nitrogens with zero attached hydrogens (tertiary/aromatic N) is 1. The van der Waals surface area contributed by atoms with Gasteiger partial charge in [0.05, 0.1) is 0 Å². The number of carbonyl (C=O) groups is 1. The summed E-state index contributed by atoms with van der Waals surface area (Å²) in [5.41, 5.74) is 10.6. The van der Waals surface area contributed by atoms with E-state index < -0.39 is 14.7 Å².